The van der Waals surface area contributed by atoms with Crippen molar-refractivity contribution in [2.24, 2.45) is 0 Å². The number of nitrogens with zero attached hydrogens (tertiary/aromatic N) is 8. The summed E-state index contributed by atoms with van der Waals surface area (Å²) in [6.45, 7) is 19.2. The number of H-pyrrole nitrogens is 1. The molecule has 4 aromatic rings. The van der Waals surface area contributed by atoms with Crippen LogP contribution in [-0.2, 0) is 0 Å². The van der Waals surface area contributed by atoms with Crippen molar-refractivity contribution in [3.8, 4) is 22.4 Å². The van der Waals surface area contributed by atoms with Crippen LogP contribution in [0.5, 0.6) is 0 Å². The summed E-state index contributed by atoms with van der Waals surface area (Å²) in [5.41, 5.74) is 5.55. The van der Waals surface area contributed by atoms with Gasteiger partial charge in [-0.2, -0.15) is 4.98 Å². The van der Waals surface area contributed by atoms with Crippen molar-refractivity contribution < 1.29 is 9.90 Å². The van der Waals surface area contributed by atoms with Gasteiger partial charge >= 0.3 is 11.8 Å². The van der Waals surface area contributed by atoms with Crippen LogP contribution in [0.4, 0.5) is 10.6 Å². The van der Waals surface area contributed by atoms with Crippen LogP contribution in [0.15, 0.2) is 10.9 Å². The van der Waals surface area contributed by atoms with Crippen molar-refractivity contribution in [3.05, 3.63) is 49.9 Å². The minimum Gasteiger partial charge on any atom is -0.465 e. The standard InChI is InChI=1S/C33H41Cl2N9O3/c1-14(2)23-21(24(15(3)4)38-30(34)37-23)19-12-20-28(36-27(19)22-25(16(5)6)39-31(35)40-26(22)17(7)8)41-32(45)42-29(20)44-11-10-43(33(46)47)13-18(44)9/h12,14-18H,10-11,13H2,1-9H3,(H,46,47)(H,36,41,42,45)/t18-/m0/s1. The third-order valence-electron chi connectivity index (χ3n) is 8.44. The second kappa shape index (κ2) is 13.3. The lowest BCUT2D eigenvalue weighted by Gasteiger charge is -2.39. The largest absolute Gasteiger partial charge is 0.465 e. The van der Waals surface area contributed by atoms with E-state index in [-0.39, 0.29) is 53.4 Å². The molecular formula is C33H41Cl2N9O3. The van der Waals surface area contributed by atoms with Crippen LogP contribution < -0.4 is 10.6 Å². The van der Waals surface area contributed by atoms with Gasteiger partial charge in [0, 0.05) is 42.4 Å². The molecule has 0 radical (unpaired) electrons. The molecule has 4 aromatic heterocycles. The zero-order valence-electron chi connectivity index (χ0n) is 28.2. The number of aromatic amines is 1. The molecule has 0 bridgehead atoms. The van der Waals surface area contributed by atoms with Crippen LogP contribution in [0.25, 0.3) is 33.4 Å². The van der Waals surface area contributed by atoms with Crippen LogP contribution in [-0.4, -0.2) is 76.7 Å². The molecule has 1 aliphatic heterocycles. The van der Waals surface area contributed by atoms with Gasteiger partial charge < -0.3 is 14.9 Å². The first-order chi connectivity index (χ1) is 22.1. The fourth-order valence-corrected chi connectivity index (χ4v) is 6.60. The van der Waals surface area contributed by atoms with Gasteiger partial charge in [-0.25, -0.2) is 34.5 Å². The van der Waals surface area contributed by atoms with E-state index in [2.05, 4.69) is 37.7 Å². The SMILES string of the molecule is CC(C)c1nc(Cl)nc(C(C)C)c1-c1cc2c(N3CCN(C(=O)O)C[C@@H]3C)nc(=O)[nH]c2nc1-c1c(C(C)C)nc(Cl)nc1C(C)C. The highest BCUT2D eigenvalue weighted by molar-refractivity contribution is 6.28. The van der Waals surface area contributed by atoms with Gasteiger partial charge in [0.2, 0.25) is 10.6 Å². The molecule has 0 spiro atoms. The van der Waals surface area contributed by atoms with E-state index in [1.807, 2.05) is 45.6 Å². The Morgan fingerprint density at radius 1 is 0.809 bits per heavy atom. The lowest BCUT2D eigenvalue weighted by Crippen LogP contribution is -2.54. The van der Waals surface area contributed by atoms with E-state index < -0.39 is 11.8 Å². The molecule has 14 heteroatoms. The molecule has 2 N–H and O–H groups in total. The summed E-state index contributed by atoms with van der Waals surface area (Å²) in [5.74, 6) is 0.290. The molecule has 0 aromatic carbocycles. The smallest absolute Gasteiger partial charge is 0.407 e. The number of amides is 1. The second-order valence-corrected chi connectivity index (χ2v) is 14.0. The van der Waals surface area contributed by atoms with Crippen LogP contribution in [0.3, 0.4) is 0 Å². The third kappa shape index (κ3) is 6.62. The van der Waals surface area contributed by atoms with E-state index in [1.165, 1.54) is 4.90 Å². The zero-order valence-corrected chi connectivity index (χ0v) is 29.7. The first kappa shape index (κ1) is 34.4. The topological polar surface area (TPSA) is 154 Å². The third-order valence-corrected chi connectivity index (χ3v) is 8.77. The number of rotatable bonds is 7. The van der Waals surface area contributed by atoms with Gasteiger partial charge in [0.1, 0.15) is 11.5 Å². The minimum absolute atomic E-state index is 0.0283. The van der Waals surface area contributed by atoms with Gasteiger partial charge in [0.15, 0.2) is 0 Å². The number of hydrogen-bond acceptors (Lipinski definition) is 9. The van der Waals surface area contributed by atoms with E-state index in [0.29, 0.717) is 29.1 Å². The Labute approximate surface area is 284 Å². The monoisotopic (exact) mass is 681 g/mol. The van der Waals surface area contributed by atoms with Crippen molar-refractivity contribution in [1.82, 2.24) is 39.8 Å². The highest BCUT2D eigenvalue weighted by Gasteiger charge is 2.32. The molecule has 1 aliphatic rings. The predicted molar refractivity (Wildman–Crippen MR) is 185 cm³/mol. The van der Waals surface area contributed by atoms with E-state index in [0.717, 1.165) is 39.5 Å². The summed E-state index contributed by atoms with van der Waals surface area (Å²) in [4.78, 5) is 59.6. The summed E-state index contributed by atoms with van der Waals surface area (Å²) in [5, 5.41) is 10.5. The average Bonchev–Trinajstić information content (AvgIpc) is 2.99. The van der Waals surface area contributed by atoms with Gasteiger partial charge in [-0.15, -0.1) is 0 Å². The molecule has 47 heavy (non-hydrogen) atoms. The van der Waals surface area contributed by atoms with Crippen molar-refractivity contribution in [1.29, 1.82) is 0 Å². The average molecular weight is 683 g/mol. The number of aromatic nitrogens is 7. The molecule has 5 heterocycles. The molecule has 12 nitrogen and oxygen atoms in total. The van der Waals surface area contributed by atoms with Crippen molar-refractivity contribution in [2.75, 3.05) is 24.5 Å². The zero-order chi connectivity index (χ0) is 34.5. The molecule has 1 atom stereocenters. The van der Waals surface area contributed by atoms with Crippen LogP contribution in [0.1, 0.15) is 109 Å². The molecular weight excluding hydrogens is 641 g/mol. The van der Waals surface area contributed by atoms with Gasteiger partial charge in [0.25, 0.3) is 0 Å². The van der Waals surface area contributed by atoms with Gasteiger partial charge in [-0.3, -0.25) is 4.98 Å². The number of halogens is 2. The highest BCUT2D eigenvalue weighted by atomic mass is 35.5. The van der Waals surface area contributed by atoms with Gasteiger partial charge in [0.05, 0.1) is 33.9 Å². The summed E-state index contributed by atoms with van der Waals surface area (Å²) in [6.07, 6.45) is -0.980. The van der Waals surface area contributed by atoms with Crippen LogP contribution >= 0.6 is 23.2 Å². The second-order valence-electron chi connectivity index (χ2n) is 13.3. The Bertz CT molecular complexity index is 1850. The van der Waals surface area contributed by atoms with Gasteiger partial charge in [-0.1, -0.05) is 55.4 Å². The molecule has 1 amide bonds. The maximum Gasteiger partial charge on any atom is 0.407 e. The van der Waals surface area contributed by atoms with E-state index >= 15 is 0 Å². The lowest BCUT2D eigenvalue weighted by molar-refractivity contribution is 0.136. The van der Waals surface area contributed by atoms with Gasteiger partial charge in [-0.05, 0) is 59.9 Å². The van der Waals surface area contributed by atoms with E-state index in [1.54, 1.807) is 0 Å². The molecule has 0 saturated carbocycles. The molecule has 1 fully saturated rings. The maximum atomic E-state index is 13.1. The Hall–Kier alpha value is -3.90. The first-order valence-electron chi connectivity index (χ1n) is 15.9. The number of fused-ring (bicyclic) bond motifs is 1. The Morgan fingerprint density at radius 2 is 1.30 bits per heavy atom. The molecule has 250 valence electrons. The van der Waals surface area contributed by atoms with Crippen LogP contribution in [0.2, 0.25) is 10.6 Å². The number of carboxylic acid groups (broad SMARTS) is 1. The van der Waals surface area contributed by atoms with Crippen molar-refractivity contribution in [3.63, 3.8) is 0 Å². The molecule has 0 unspecified atom stereocenters. The number of anilines is 1. The maximum absolute atomic E-state index is 13.1. The van der Waals surface area contributed by atoms with E-state index in [4.69, 9.17) is 48.1 Å². The Kier molecular flexibility index (Phi) is 9.75. The number of nitrogens with one attached hydrogen (secondary N) is 1. The molecule has 1 saturated heterocycles. The predicted octanol–water partition coefficient (Wildman–Crippen LogP) is 7.22. The summed E-state index contributed by atoms with van der Waals surface area (Å²) in [6, 6.07) is 1.74. The minimum atomic E-state index is -0.980. The quantitative estimate of drug-likeness (QED) is 0.191. The lowest BCUT2D eigenvalue weighted by atomic mass is 9.86. The Morgan fingerprint density at radius 3 is 1.74 bits per heavy atom. The van der Waals surface area contributed by atoms with Crippen LogP contribution in [0, 0.1) is 0 Å². The summed E-state index contributed by atoms with van der Waals surface area (Å²) < 4.78 is 0. The number of hydrogen-bond donors (Lipinski definition) is 2. The van der Waals surface area contributed by atoms with Crippen molar-refractivity contribution >= 4 is 46.1 Å². The first-order valence-corrected chi connectivity index (χ1v) is 16.7. The summed E-state index contributed by atoms with van der Waals surface area (Å²) >= 11 is 13.0. The number of pyridine rings is 1. The van der Waals surface area contributed by atoms with Crippen molar-refractivity contribution in [2.45, 2.75) is 92.0 Å². The number of piperazine rings is 1. The normalized spacial score (nSPS) is 15.6. The fourth-order valence-electron chi connectivity index (χ4n) is 6.23. The number of carbonyl (C=O) groups is 1. The fraction of sp³-hybridized carbons (Fsp3) is 0.515. The molecule has 0 aliphatic carbocycles. The van der Waals surface area contributed by atoms with E-state index in [9.17, 15) is 14.7 Å². The summed E-state index contributed by atoms with van der Waals surface area (Å²) in [7, 11) is 0. The Balaban J connectivity index is 1.96. The molecule has 5 rings (SSSR count). The highest BCUT2D eigenvalue weighted by Crippen LogP contribution is 2.45.